The Morgan fingerprint density at radius 2 is 1.72 bits per heavy atom. The molecule has 2 aromatic rings. The molecule has 0 unspecified atom stereocenters. The monoisotopic (exact) mass is 426 g/mol. The molecule has 1 aliphatic rings. The van der Waals surface area contributed by atoms with Gasteiger partial charge >= 0.3 is 0 Å². The van der Waals surface area contributed by atoms with Crippen LogP contribution in [0.2, 0.25) is 5.02 Å². The minimum atomic E-state index is -1.62. The van der Waals surface area contributed by atoms with Gasteiger partial charge in [-0.25, -0.2) is 13.2 Å². The molecule has 1 fully saturated rings. The molecule has 3 rings (SSSR count). The Morgan fingerprint density at radius 3 is 2.34 bits per heavy atom. The van der Waals surface area contributed by atoms with Gasteiger partial charge in [0.15, 0.2) is 17.5 Å². The van der Waals surface area contributed by atoms with Crippen molar-refractivity contribution in [1.82, 2.24) is 4.90 Å². The van der Waals surface area contributed by atoms with Crippen molar-refractivity contribution in [3.05, 3.63) is 63.9 Å². The molecular formula is C20H18ClF3N2O3. The first kappa shape index (κ1) is 21.1. The minimum Gasteiger partial charge on any atom is -0.393 e. The van der Waals surface area contributed by atoms with Crippen molar-refractivity contribution < 1.29 is 27.9 Å². The van der Waals surface area contributed by atoms with Crippen LogP contribution in [0.5, 0.6) is 0 Å². The summed E-state index contributed by atoms with van der Waals surface area (Å²) in [7, 11) is 0. The predicted octanol–water partition coefficient (Wildman–Crippen LogP) is 3.54. The van der Waals surface area contributed by atoms with Gasteiger partial charge in [-0.3, -0.25) is 9.59 Å². The first-order valence-electron chi connectivity index (χ1n) is 8.94. The number of aliphatic hydroxyl groups is 1. The second-order valence-electron chi connectivity index (χ2n) is 6.80. The Hall–Kier alpha value is -2.58. The van der Waals surface area contributed by atoms with Crippen molar-refractivity contribution in [2.45, 2.75) is 25.4 Å². The SMILES string of the molecule is O=C(Nc1cc(F)c(F)c(F)c1)c1ccc(Cl)c(CC(=O)N2CCC(O)CC2)c1. The molecule has 9 heteroatoms. The van der Waals surface area contributed by atoms with Gasteiger partial charge in [0.05, 0.1) is 12.5 Å². The van der Waals surface area contributed by atoms with Crippen LogP contribution in [0.4, 0.5) is 18.9 Å². The average Bonchev–Trinajstić information content (AvgIpc) is 2.68. The van der Waals surface area contributed by atoms with Crippen molar-refractivity contribution >= 4 is 29.1 Å². The number of likely N-dealkylation sites (tertiary alicyclic amines) is 1. The van der Waals surface area contributed by atoms with Crippen LogP contribution in [0.3, 0.4) is 0 Å². The zero-order valence-corrected chi connectivity index (χ0v) is 16.0. The van der Waals surface area contributed by atoms with Crippen LogP contribution in [0.15, 0.2) is 30.3 Å². The van der Waals surface area contributed by atoms with Crippen LogP contribution in [-0.4, -0.2) is 41.0 Å². The third-order valence-corrected chi connectivity index (χ3v) is 5.08. The number of hydrogen-bond acceptors (Lipinski definition) is 3. The quantitative estimate of drug-likeness (QED) is 0.735. The molecule has 0 aliphatic carbocycles. The van der Waals surface area contributed by atoms with Crippen LogP contribution in [0, 0.1) is 17.5 Å². The molecule has 0 aromatic heterocycles. The van der Waals surface area contributed by atoms with Crippen molar-refractivity contribution in [2.75, 3.05) is 18.4 Å². The van der Waals surface area contributed by atoms with Crippen LogP contribution in [-0.2, 0) is 11.2 Å². The Bertz CT molecular complexity index is 924. The molecule has 154 valence electrons. The Labute approximate surface area is 170 Å². The van der Waals surface area contributed by atoms with E-state index in [2.05, 4.69) is 5.32 Å². The van der Waals surface area contributed by atoms with Gasteiger partial charge < -0.3 is 15.3 Å². The predicted molar refractivity (Wildman–Crippen MR) is 101 cm³/mol. The molecule has 0 radical (unpaired) electrons. The fourth-order valence-corrected chi connectivity index (χ4v) is 3.26. The van der Waals surface area contributed by atoms with E-state index in [0.717, 1.165) is 0 Å². The summed E-state index contributed by atoms with van der Waals surface area (Å²) in [6, 6.07) is 5.61. The first-order chi connectivity index (χ1) is 13.7. The number of rotatable bonds is 4. The van der Waals surface area contributed by atoms with Crippen molar-refractivity contribution in [2.24, 2.45) is 0 Å². The molecule has 2 aromatic carbocycles. The highest BCUT2D eigenvalue weighted by molar-refractivity contribution is 6.31. The summed E-state index contributed by atoms with van der Waals surface area (Å²) in [5.41, 5.74) is 0.300. The summed E-state index contributed by atoms with van der Waals surface area (Å²) in [6.07, 6.45) is 0.575. The van der Waals surface area contributed by atoms with E-state index < -0.39 is 29.5 Å². The average molecular weight is 427 g/mol. The zero-order chi connectivity index (χ0) is 21.1. The van der Waals surface area contributed by atoms with Crippen molar-refractivity contribution in [1.29, 1.82) is 0 Å². The molecule has 0 saturated carbocycles. The number of halogens is 4. The lowest BCUT2D eigenvalue weighted by Crippen LogP contribution is -2.40. The number of benzene rings is 2. The second kappa shape index (κ2) is 8.84. The largest absolute Gasteiger partial charge is 0.393 e. The first-order valence-corrected chi connectivity index (χ1v) is 9.32. The summed E-state index contributed by atoms with van der Waals surface area (Å²) >= 11 is 6.14. The van der Waals surface area contributed by atoms with E-state index in [9.17, 15) is 27.9 Å². The zero-order valence-electron chi connectivity index (χ0n) is 15.2. The Kier molecular flexibility index (Phi) is 6.44. The van der Waals surface area contributed by atoms with Crippen LogP contribution < -0.4 is 5.32 Å². The number of nitrogens with zero attached hydrogens (tertiary/aromatic N) is 1. The van der Waals surface area contributed by atoms with E-state index >= 15 is 0 Å². The molecule has 0 atom stereocenters. The van der Waals surface area contributed by atoms with Gasteiger partial charge in [0, 0.05) is 41.5 Å². The number of amides is 2. The van der Waals surface area contributed by atoms with Crippen LogP contribution in [0.25, 0.3) is 0 Å². The second-order valence-corrected chi connectivity index (χ2v) is 7.21. The van der Waals surface area contributed by atoms with Gasteiger partial charge in [0.1, 0.15) is 0 Å². The Morgan fingerprint density at radius 1 is 1.10 bits per heavy atom. The maximum absolute atomic E-state index is 13.3. The highest BCUT2D eigenvalue weighted by Crippen LogP contribution is 2.22. The lowest BCUT2D eigenvalue weighted by atomic mass is 10.0. The molecule has 1 heterocycles. The number of hydrogen-bond donors (Lipinski definition) is 2. The Balaban J connectivity index is 1.72. The van der Waals surface area contributed by atoms with Gasteiger partial charge in [0.2, 0.25) is 5.91 Å². The highest BCUT2D eigenvalue weighted by Gasteiger charge is 2.22. The summed E-state index contributed by atoms with van der Waals surface area (Å²) in [5.74, 6) is -5.34. The molecule has 1 aliphatic heterocycles. The third-order valence-electron chi connectivity index (χ3n) is 4.71. The molecule has 0 bridgehead atoms. The number of piperidine rings is 1. The van der Waals surface area contributed by atoms with Gasteiger partial charge in [-0.15, -0.1) is 0 Å². The number of anilines is 1. The normalized spacial score (nSPS) is 14.7. The molecule has 0 spiro atoms. The maximum atomic E-state index is 13.3. The molecule has 1 saturated heterocycles. The maximum Gasteiger partial charge on any atom is 0.255 e. The number of carbonyl (C=O) groups is 2. The van der Waals surface area contributed by atoms with Crippen molar-refractivity contribution in [3.63, 3.8) is 0 Å². The van der Waals surface area contributed by atoms with E-state index in [0.29, 0.717) is 48.6 Å². The van der Waals surface area contributed by atoms with Gasteiger partial charge in [-0.1, -0.05) is 11.6 Å². The number of nitrogens with one attached hydrogen (secondary N) is 1. The van der Waals surface area contributed by atoms with E-state index in [1.54, 1.807) is 4.90 Å². The summed E-state index contributed by atoms with van der Waals surface area (Å²) in [5, 5.41) is 12.1. The lowest BCUT2D eigenvalue weighted by Gasteiger charge is -2.29. The van der Waals surface area contributed by atoms with E-state index in [1.165, 1.54) is 18.2 Å². The van der Waals surface area contributed by atoms with Crippen LogP contribution in [0.1, 0.15) is 28.8 Å². The summed E-state index contributed by atoms with van der Waals surface area (Å²) in [6.45, 7) is 0.888. The van der Waals surface area contributed by atoms with Crippen molar-refractivity contribution in [3.8, 4) is 0 Å². The van der Waals surface area contributed by atoms with Gasteiger partial charge in [0.25, 0.3) is 5.91 Å². The van der Waals surface area contributed by atoms with Crippen LogP contribution >= 0.6 is 11.6 Å². The van der Waals surface area contributed by atoms with Gasteiger partial charge in [-0.05, 0) is 36.6 Å². The summed E-state index contributed by atoms with van der Waals surface area (Å²) in [4.78, 5) is 26.5. The fraction of sp³-hybridized carbons (Fsp3) is 0.300. The minimum absolute atomic E-state index is 0.0319. The molecular weight excluding hydrogens is 409 g/mol. The fourth-order valence-electron chi connectivity index (χ4n) is 3.07. The molecule has 29 heavy (non-hydrogen) atoms. The van der Waals surface area contributed by atoms with E-state index in [4.69, 9.17) is 11.6 Å². The lowest BCUT2D eigenvalue weighted by molar-refractivity contribution is -0.132. The third kappa shape index (κ3) is 5.07. The number of carbonyl (C=O) groups excluding carboxylic acids is 2. The molecule has 5 nitrogen and oxygen atoms in total. The van der Waals surface area contributed by atoms with Gasteiger partial charge in [-0.2, -0.15) is 0 Å². The summed E-state index contributed by atoms with van der Waals surface area (Å²) < 4.78 is 39.7. The van der Waals surface area contributed by atoms with E-state index in [1.807, 2.05) is 0 Å². The van der Waals surface area contributed by atoms with E-state index in [-0.39, 0.29) is 23.6 Å². The standard InChI is InChI=1S/C20H18ClF3N2O3/c21-15-2-1-11(20(29)25-13-9-16(22)19(24)17(23)10-13)7-12(15)8-18(28)26-5-3-14(27)4-6-26/h1-2,7,9-10,14,27H,3-6,8H2,(H,25,29). The highest BCUT2D eigenvalue weighted by atomic mass is 35.5. The molecule has 2 N–H and O–H groups in total. The number of aliphatic hydroxyl groups excluding tert-OH is 1. The topological polar surface area (TPSA) is 69.6 Å². The molecule has 2 amide bonds. The smallest absolute Gasteiger partial charge is 0.255 e.